The predicted molar refractivity (Wildman–Crippen MR) is 76.9 cm³/mol. The molecule has 1 unspecified atom stereocenters. The summed E-state index contributed by atoms with van der Waals surface area (Å²) in [4.78, 5) is 17.8. The Morgan fingerprint density at radius 1 is 1.44 bits per heavy atom. The molecule has 0 N–H and O–H groups in total. The van der Waals surface area contributed by atoms with Crippen molar-refractivity contribution in [3.8, 4) is 0 Å². The Labute approximate surface area is 116 Å². The number of rotatable bonds is 11. The first-order valence-corrected chi connectivity index (χ1v) is 9.02. The van der Waals surface area contributed by atoms with Gasteiger partial charge >= 0.3 is 0 Å². The largest absolute Gasteiger partial charge is 0.349 e. The summed E-state index contributed by atoms with van der Waals surface area (Å²) in [7, 11) is 2.97. The average Bonchev–Trinajstić information content (AvgIpc) is 2.35. The minimum Gasteiger partial charge on any atom is -0.349 e. The second kappa shape index (κ2) is 12.0. The lowest BCUT2D eigenvalue weighted by Gasteiger charge is -2.16. The molecule has 0 aromatic rings. The maximum atomic E-state index is 11.6. The topological polar surface area (TPSA) is 48.0 Å². The number of amides is 1. The van der Waals surface area contributed by atoms with Crippen molar-refractivity contribution in [3.63, 3.8) is 0 Å². The van der Waals surface area contributed by atoms with Crippen molar-refractivity contribution in [2.75, 3.05) is 32.2 Å². The van der Waals surface area contributed by atoms with E-state index in [0.717, 1.165) is 24.0 Å². The van der Waals surface area contributed by atoms with E-state index in [2.05, 4.69) is 9.93 Å². The van der Waals surface area contributed by atoms with Crippen LogP contribution in [0.1, 0.15) is 20.3 Å². The molecule has 0 saturated heterocycles. The van der Waals surface area contributed by atoms with E-state index in [1.807, 2.05) is 25.6 Å². The molecule has 7 heteroatoms. The van der Waals surface area contributed by atoms with Crippen LogP contribution < -0.4 is 0 Å². The molecule has 0 aromatic carbocycles. The van der Waals surface area contributed by atoms with Crippen LogP contribution in [-0.2, 0) is 19.3 Å². The first kappa shape index (κ1) is 17.9. The van der Waals surface area contributed by atoms with Gasteiger partial charge in [0.05, 0.1) is 6.61 Å². The molecule has 108 valence electrons. The molecule has 0 rings (SSSR count). The monoisotopic (exact) mass is 295 g/mol. The molecular weight excluding hydrogens is 270 g/mol. The summed E-state index contributed by atoms with van der Waals surface area (Å²) < 4.78 is 4.92. The molecule has 1 amide bonds. The molecule has 0 radical (unpaired) electrons. The summed E-state index contributed by atoms with van der Waals surface area (Å²) in [6, 6.07) is 1.07. The summed E-state index contributed by atoms with van der Waals surface area (Å²) >= 11 is 1.82. The molecule has 0 saturated carbocycles. The van der Waals surface area contributed by atoms with E-state index in [9.17, 15) is 4.79 Å². The van der Waals surface area contributed by atoms with Crippen LogP contribution in [0.2, 0.25) is 6.04 Å². The quantitative estimate of drug-likeness (QED) is 0.248. The van der Waals surface area contributed by atoms with Gasteiger partial charge in [-0.25, -0.2) is 4.89 Å². The summed E-state index contributed by atoms with van der Waals surface area (Å²) in [5.74, 6) is 2.25. The highest BCUT2D eigenvalue weighted by atomic mass is 32.2. The zero-order valence-electron chi connectivity index (χ0n) is 11.8. The second-order valence-corrected chi connectivity index (χ2v) is 6.71. The summed E-state index contributed by atoms with van der Waals surface area (Å²) in [6.07, 6.45) is 1.11. The summed E-state index contributed by atoms with van der Waals surface area (Å²) in [5, 5.41) is 4.49. The van der Waals surface area contributed by atoms with Crippen molar-refractivity contribution in [1.82, 2.24) is 4.90 Å². The number of hydrogen-bond acceptors (Lipinski definition) is 5. The molecular formula is C11H25NO4SSi. The maximum Gasteiger partial charge on any atom is 0.225 e. The molecule has 18 heavy (non-hydrogen) atoms. The van der Waals surface area contributed by atoms with Gasteiger partial charge in [0.1, 0.15) is 0 Å². The Kier molecular flexibility index (Phi) is 11.9. The number of thioether (sulfide) groups is 1. The van der Waals surface area contributed by atoms with Gasteiger partial charge in [-0.3, -0.25) is 9.37 Å². The summed E-state index contributed by atoms with van der Waals surface area (Å²) in [6.45, 7) is 4.32. The van der Waals surface area contributed by atoms with Gasteiger partial charge in [0.2, 0.25) is 15.7 Å². The lowest BCUT2D eigenvalue weighted by atomic mass is 10.2. The van der Waals surface area contributed by atoms with Gasteiger partial charge < -0.3 is 4.90 Å². The standard InChI is InChI=1S/C11H25NO4SSi/c1-5-14-15-16-18-8-6-7-17-9-10(2)11(13)12(3)4/h10H,5-9,18H2,1-4H3. The zero-order chi connectivity index (χ0) is 13.8. The van der Waals surface area contributed by atoms with E-state index in [0.29, 0.717) is 6.61 Å². The van der Waals surface area contributed by atoms with E-state index < -0.39 is 9.76 Å². The fourth-order valence-corrected chi connectivity index (χ4v) is 3.39. The Hall–Kier alpha value is -0.0831. The van der Waals surface area contributed by atoms with Crippen LogP contribution >= 0.6 is 11.8 Å². The average molecular weight is 295 g/mol. The van der Waals surface area contributed by atoms with Crippen molar-refractivity contribution in [2.24, 2.45) is 5.92 Å². The molecule has 0 aliphatic rings. The van der Waals surface area contributed by atoms with Gasteiger partial charge in [-0.05, 0) is 25.1 Å². The van der Waals surface area contributed by atoms with E-state index in [-0.39, 0.29) is 11.8 Å². The first-order valence-electron chi connectivity index (χ1n) is 6.29. The van der Waals surface area contributed by atoms with E-state index >= 15 is 0 Å². The van der Waals surface area contributed by atoms with E-state index in [1.54, 1.807) is 19.0 Å². The van der Waals surface area contributed by atoms with Crippen LogP contribution in [0, 0.1) is 5.92 Å². The normalized spacial score (nSPS) is 13.1. The smallest absolute Gasteiger partial charge is 0.225 e. The Balaban J connectivity index is 3.27. The fourth-order valence-electron chi connectivity index (χ4n) is 1.25. The molecule has 0 fully saturated rings. The minimum absolute atomic E-state index is 0.0970. The molecule has 0 bridgehead atoms. The Bertz CT molecular complexity index is 219. The van der Waals surface area contributed by atoms with Gasteiger partial charge in [-0.2, -0.15) is 11.8 Å². The van der Waals surface area contributed by atoms with Crippen LogP contribution in [0.5, 0.6) is 0 Å². The van der Waals surface area contributed by atoms with E-state index in [1.165, 1.54) is 0 Å². The molecule has 0 aliphatic carbocycles. The van der Waals surface area contributed by atoms with Crippen LogP contribution in [0.3, 0.4) is 0 Å². The SMILES string of the molecule is CCOOO[SiH2]CCCSCC(C)C(=O)N(C)C. The summed E-state index contributed by atoms with van der Waals surface area (Å²) in [5.41, 5.74) is 0. The van der Waals surface area contributed by atoms with Gasteiger partial charge in [0, 0.05) is 25.8 Å². The zero-order valence-corrected chi connectivity index (χ0v) is 14.0. The van der Waals surface area contributed by atoms with Gasteiger partial charge in [-0.15, -0.1) is 0 Å². The number of carbonyl (C=O) groups excluding carboxylic acids is 1. The number of hydrogen-bond donors (Lipinski definition) is 0. The van der Waals surface area contributed by atoms with Crippen LogP contribution in [0.4, 0.5) is 0 Å². The Morgan fingerprint density at radius 3 is 2.78 bits per heavy atom. The molecule has 0 heterocycles. The van der Waals surface area contributed by atoms with Crippen molar-refractivity contribution in [3.05, 3.63) is 0 Å². The van der Waals surface area contributed by atoms with Crippen molar-refractivity contribution in [2.45, 2.75) is 26.3 Å². The third-order valence-electron chi connectivity index (χ3n) is 2.21. The van der Waals surface area contributed by atoms with E-state index in [4.69, 9.17) is 4.58 Å². The lowest BCUT2D eigenvalue weighted by Crippen LogP contribution is -2.29. The van der Waals surface area contributed by atoms with Gasteiger partial charge in [0.15, 0.2) is 0 Å². The molecule has 0 aromatic heterocycles. The van der Waals surface area contributed by atoms with Crippen molar-refractivity contribution < 1.29 is 19.3 Å². The highest BCUT2D eigenvalue weighted by Gasteiger charge is 2.14. The predicted octanol–water partition coefficient (Wildman–Crippen LogP) is 1.24. The highest BCUT2D eigenvalue weighted by Crippen LogP contribution is 2.12. The fraction of sp³-hybridized carbons (Fsp3) is 0.909. The van der Waals surface area contributed by atoms with Crippen LogP contribution in [0.25, 0.3) is 0 Å². The molecule has 5 nitrogen and oxygen atoms in total. The van der Waals surface area contributed by atoms with Gasteiger partial charge in [0.25, 0.3) is 0 Å². The minimum atomic E-state index is -0.621. The third kappa shape index (κ3) is 9.90. The molecule has 0 aliphatic heterocycles. The van der Waals surface area contributed by atoms with Crippen molar-refractivity contribution >= 4 is 27.4 Å². The van der Waals surface area contributed by atoms with Crippen molar-refractivity contribution in [1.29, 1.82) is 0 Å². The first-order chi connectivity index (χ1) is 8.59. The lowest BCUT2D eigenvalue weighted by molar-refractivity contribution is -0.467. The highest BCUT2D eigenvalue weighted by molar-refractivity contribution is 7.99. The molecule has 0 spiro atoms. The molecule has 1 atom stereocenters. The number of carbonyl (C=O) groups is 1. The second-order valence-electron chi connectivity index (χ2n) is 4.21. The number of nitrogens with zero attached hydrogens (tertiary/aromatic N) is 1. The van der Waals surface area contributed by atoms with Crippen LogP contribution in [-0.4, -0.2) is 52.8 Å². The Morgan fingerprint density at radius 2 is 2.17 bits per heavy atom. The maximum absolute atomic E-state index is 11.6. The third-order valence-corrected chi connectivity index (χ3v) is 4.58. The van der Waals surface area contributed by atoms with Crippen LogP contribution in [0.15, 0.2) is 0 Å². The van der Waals surface area contributed by atoms with Gasteiger partial charge in [-0.1, -0.05) is 12.0 Å².